The highest BCUT2D eigenvalue weighted by Crippen LogP contribution is 2.35. The van der Waals surface area contributed by atoms with Gasteiger partial charge in [0.05, 0.1) is 5.41 Å². The molecule has 1 aromatic carbocycles. The number of pyridine rings is 1. The maximum atomic E-state index is 13.1. The van der Waals surface area contributed by atoms with Gasteiger partial charge in [0.15, 0.2) is 0 Å². The van der Waals surface area contributed by atoms with Crippen LogP contribution in [-0.2, 0) is 16.0 Å². The van der Waals surface area contributed by atoms with Crippen molar-refractivity contribution in [1.82, 2.24) is 15.2 Å². The number of benzene rings is 1. The second kappa shape index (κ2) is 9.80. The molecule has 1 saturated heterocycles. The van der Waals surface area contributed by atoms with Crippen LogP contribution in [0.15, 0.2) is 48.8 Å². The van der Waals surface area contributed by atoms with Crippen molar-refractivity contribution < 1.29 is 9.53 Å². The van der Waals surface area contributed by atoms with Crippen molar-refractivity contribution in [2.24, 2.45) is 5.41 Å². The fourth-order valence-corrected chi connectivity index (χ4v) is 3.82. The van der Waals surface area contributed by atoms with Gasteiger partial charge in [-0.3, -0.25) is 9.78 Å². The minimum absolute atomic E-state index is 0.168. The summed E-state index contributed by atoms with van der Waals surface area (Å²) in [6.45, 7) is 2.99. The number of carbonyl (C=O) groups excluding carboxylic acids is 1. The Morgan fingerprint density at radius 1 is 1.18 bits per heavy atom. The molecule has 2 aromatic rings. The van der Waals surface area contributed by atoms with Crippen molar-refractivity contribution >= 4 is 5.91 Å². The highest BCUT2D eigenvalue weighted by Gasteiger charge is 2.39. The van der Waals surface area contributed by atoms with Crippen molar-refractivity contribution in [2.75, 3.05) is 40.4 Å². The van der Waals surface area contributed by atoms with E-state index in [1.807, 2.05) is 12.3 Å². The van der Waals surface area contributed by atoms with E-state index in [1.54, 1.807) is 6.20 Å². The molecule has 0 saturated carbocycles. The van der Waals surface area contributed by atoms with Gasteiger partial charge in [-0.15, -0.1) is 0 Å². The zero-order chi connectivity index (χ0) is 19.8. The lowest BCUT2D eigenvalue weighted by Gasteiger charge is -2.36. The van der Waals surface area contributed by atoms with Gasteiger partial charge >= 0.3 is 0 Å². The number of carbonyl (C=O) groups is 1. The van der Waals surface area contributed by atoms with Crippen LogP contribution < -0.4 is 5.32 Å². The number of nitrogens with one attached hydrogen (secondary N) is 1. The van der Waals surface area contributed by atoms with E-state index < -0.39 is 0 Å². The first-order valence-corrected chi connectivity index (χ1v) is 10.1. The molecule has 5 heteroatoms. The molecule has 5 nitrogen and oxygen atoms in total. The monoisotopic (exact) mass is 381 g/mol. The van der Waals surface area contributed by atoms with Crippen LogP contribution >= 0.6 is 0 Å². The van der Waals surface area contributed by atoms with Crippen LogP contribution in [0.1, 0.15) is 24.8 Å². The third-order valence-electron chi connectivity index (χ3n) is 5.46. The van der Waals surface area contributed by atoms with E-state index in [2.05, 4.69) is 59.6 Å². The first-order chi connectivity index (χ1) is 13.6. The van der Waals surface area contributed by atoms with E-state index in [1.165, 1.54) is 5.56 Å². The van der Waals surface area contributed by atoms with E-state index in [0.29, 0.717) is 13.2 Å². The minimum Gasteiger partial charge on any atom is -0.381 e. The summed E-state index contributed by atoms with van der Waals surface area (Å²) < 4.78 is 5.57. The van der Waals surface area contributed by atoms with Crippen LogP contribution in [0.4, 0.5) is 0 Å². The van der Waals surface area contributed by atoms with Crippen LogP contribution in [0.2, 0.25) is 0 Å². The molecule has 0 atom stereocenters. The molecule has 1 aromatic heterocycles. The molecule has 1 amide bonds. The lowest BCUT2D eigenvalue weighted by atomic mass is 9.74. The highest BCUT2D eigenvalue weighted by atomic mass is 16.5. The normalized spacial score (nSPS) is 16.1. The van der Waals surface area contributed by atoms with Gasteiger partial charge in [0.25, 0.3) is 0 Å². The molecule has 1 fully saturated rings. The van der Waals surface area contributed by atoms with E-state index in [4.69, 9.17) is 4.74 Å². The van der Waals surface area contributed by atoms with Crippen LogP contribution in [0.5, 0.6) is 0 Å². The Morgan fingerprint density at radius 3 is 2.68 bits per heavy atom. The van der Waals surface area contributed by atoms with Crippen molar-refractivity contribution in [2.45, 2.75) is 25.7 Å². The number of amides is 1. The summed E-state index contributed by atoms with van der Waals surface area (Å²) >= 11 is 0. The summed E-state index contributed by atoms with van der Waals surface area (Å²) in [5.74, 6) is 0.168. The molecule has 3 rings (SSSR count). The third-order valence-corrected chi connectivity index (χ3v) is 5.46. The number of rotatable bonds is 8. The largest absolute Gasteiger partial charge is 0.381 e. The maximum Gasteiger partial charge on any atom is 0.226 e. The fraction of sp³-hybridized carbons (Fsp3) is 0.478. The van der Waals surface area contributed by atoms with Crippen molar-refractivity contribution in [3.8, 4) is 11.1 Å². The lowest BCUT2D eigenvalue weighted by molar-refractivity contribution is -0.136. The van der Waals surface area contributed by atoms with Gasteiger partial charge in [-0.05, 0) is 69.1 Å². The summed E-state index contributed by atoms with van der Waals surface area (Å²) in [5, 5.41) is 3.18. The van der Waals surface area contributed by atoms with Crippen LogP contribution in [0.25, 0.3) is 11.1 Å². The summed E-state index contributed by atoms with van der Waals surface area (Å²) in [6, 6.07) is 12.5. The van der Waals surface area contributed by atoms with Crippen LogP contribution in [0, 0.1) is 5.41 Å². The molecule has 150 valence electrons. The zero-order valence-corrected chi connectivity index (χ0v) is 17.0. The van der Waals surface area contributed by atoms with Gasteiger partial charge in [0.2, 0.25) is 5.91 Å². The molecule has 0 spiro atoms. The predicted molar refractivity (Wildman–Crippen MR) is 112 cm³/mol. The second-order valence-corrected chi connectivity index (χ2v) is 7.92. The average Bonchev–Trinajstić information content (AvgIpc) is 2.72. The summed E-state index contributed by atoms with van der Waals surface area (Å²) in [5.41, 5.74) is 3.04. The number of nitrogens with zero attached hydrogens (tertiary/aromatic N) is 2. The predicted octanol–water partition coefficient (Wildman–Crippen LogP) is 3.16. The molecule has 0 unspecified atom stereocenters. The SMILES string of the molecule is CN(C)CCCNC(=O)C1(Cc2cccc(-c3cccnc3)c2)CCOCC1. The minimum atomic E-state index is -0.385. The first kappa shape index (κ1) is 20.5. The summed E-state index contributed by atoms with van der Waals surface area (Å²) in [4.78, 5) is 19.5. The van der Waals surface area contributed by atoms with Gasteiger partial charge in [0.1, 0.15) is 0 Å². The van der Waals surface area contributed by atoms with Crippen molar-refractivity contribution in [3.05, 3.63) is 54.4 Å². The molecular weight excluding hydrogens is 350 g/mol. The van der Waals surface area contributed by atoms with E-state index in [0.717, 1.165) is 49.9 Å². The first-order valence-electron chi connectivity index (χ1n) is 10.1. The molecule has 1 aliphatic heterocycles. The van der Waals surface area contributed by atoms with Gasteiger partial charge in [-0.2, -0.15) is 0 Å². The van der Waals surface area contributed by atoms with E-state index in [9.17, 15) is 4.79 Å². The van der Waals surface area contributed by atoms with Gasteiger partial charge in [0, 0.05) is 32.2 Å². The molecule has 0 bridgehead atoms. The average molecular weight is 382 g/mol. The Morgan fingerprint density at radius 2 is 1.96 bits per heavy atom. The maximum absolute atomic E-state index is 13.1. The van der Waals surface area contributed by atoms with Crippen LogP contribution in [-0.4, -0.2) is 56.2 Å². The summed E-state index contributed by atoms with van der Waals surface area (Å²) in [7, 11) is 4.11. The smallest absolute Gasteiger partial charge is 0.226 e. The standard InChI is InChI=1S/C23H31N3O2/c1-26(2)13-5-12-25-22(27)23(9-14-28-15-10-23)17-19-6-3-7-20(16-19)21-8-4-11-24-18-21/h3-4,6-8,11,16,18H,5,9-10,12-15,17H2,1-2H3,(H,25,27). The molecule has 28 heavy (non-hydrogen) atoms. The molecule has 0 aliphatic carbocycles. The Bertz CT molecular complexity index is 755. The van der Waals surface area contributed by atoms with Gasteiger partial charge < -0.3 is 15.0 Å². The molecule has 2 heterocycles. The Labute approximate surface area is 168 Å². The lowest BCUT2D eigenvalue weighted by Crippen LogP contribution is -2.46. The van der Waals surface area contributed by atoms with Gasteiger partial charge in [-0.25, -0.2) is 0 Å². The Balaban J connectivity index is 1.73. The van der Waals surface area contributed by atoms with Crippen molar-refractivity contribution in [3.63, 3.8) is 0 Å². The number of hydrogen-bond acceptors (Lipinski definition) is 4. The quantitative estimate of drug-likeness (QED) is 0.714. The zero-order valence-electron chi connectivity index (χ0n) is 17.0. The fourth-order valence-electron chi connectivity index (χ4n) is 3.82. The van der Waals surface area contributed by atoms with Gasteiger partial charge in [-0.1, -0.05) is 30.3 Å². The van der Waals surface area contributed by atoms with E-state index >= 15 is 0 Å². The van der Waals surface area contributed by atoms with E-state index in [-0.39, 0.29) is 11.3 Å². The van der Waals surface area contributed by atoms with Crippen molar-refractivity contribution in [1.29, 1.82) is 0 Å². The second-order valence-electron chi connectivity index (χ2n) is 7.92. The highest BCUT2D eigenvalue weighted by molar-refractivity contribution is 5.83. The molecule has 0 radical (unpaired) electrons. The Hall–Kier alpha value is -2.24. The third kappa shape index (κ3) is 5.40. The molecule has 1 N–H and O–H groups in total. The molecule has 1 aliphatic rings. The molecular formula is C23H31N3O2. The number of ether oxygens (including phenoxy) is 1. The Kier molecular flexibility index (Phi) is 7.18. The summed E-state index contributed by atoms with van der Waals surface area (Å²) in [6.07, 6.45) is 6.89. The number of aromatic nitrogens is 1. The van der Waals surface area contributed by atoms with Crippen LogP contribution in [0.3, 0.4) is 0 Å². The topological polar surface area (TPSA) is 54.5 Å². The number of hydrogen-bond donors (Lipinski definition) is 1.